The Bertz CT molecular complexity index is 592. The minimum Gasteiger partial charge on any atom is -0.326 e. The van der Waals surface area contributed by atoms with Crippen LogP contribution in [0, 0.1) is 11.7 Å². The molecular weight excluding hydrogens is 293 g/mol. The summed E-state index contributed by atoms with van der Waals surface area (Å²) in [6.45, 7) is 5.43. The zero-order valence-electron chi connectivity index (χ0n) is 12.2. The number of hydrogen-bond acceptors (Lipinski definition) is 4. The molecule has 1 aromatic carbocycles. The van der Waals surface area contributed by atoms with Crippen molar-refractivity contribution in [2.45, 2.75) is 24.8 Å². The number of hydrogen-bond donors (Lipinski definition) is 2. The second-order valence-corrected chi connectivity index (χ2v) is 7.10. The maximum atomic E-state index is 13.8. The van der Waals surface area contributed by atoms with Crippen LogP contribution in [0.3, 0.4) is 0 Å². The van der Waals surface area contributed by atoms with E-state index in [0.29, 0.717) is 12.1 Å². The van der Waals surface area contributed by atoms with Gasteiger partial charge in [-0.05, 0) is 43.1 Å². The molecule has 3 N–H and O–H groups in total. The lowest BCUT2D eigenvalue weighted by Gasteiger charge is -2.14. The maximum absolute atomic E-state index is 13.8. The average Bonchev–Trinajstić information content (AvgIpc) is 2.94. The minimum atomic E-state index is -3.83. The molecule has 0 radical (unpaired) electrons. The number of rotatable bonds is 6. The van der Waals surface area contributed by atoms with Gasteiger partial charge in [0.05, 0.1) is 0 Å². The van der Waals surface area contributed by atoms with Gasteiger partial charge in [0.2, 0.25) is 10.0 Å². The highest BCUT2D eigenvalue weighted by molar-refractivity contribution is 7.89. The molecule has 1 fully saturated rings. The summed E-state index contributed by atoms with van der Waals surface area (Å²) < 4.78 is 40.7. The number of nitrogens with one attached hydrogen (secondary N) is 1. The maximum Gasteiger partial charge on any atom is 0.243 e. The van der Waals surface area contributed by atoms with Crippen LogP contribution in [-0.2, 0) is 16.6 Å². The predicted molar refractivity (Wildman–Crippen MR) is 79.7 cm³/mol. The topological polar surface area (TPSA) is 75.4 Å². The fourth-order valence-electron chi connectivity index (χ4n) is 2.55. The van der Waals surface area contributed by atoms with Gasteiger partial charge in [0.25, 0.3) is 0 Å². The molecule has 0 bridgehead atoms. The van der Waals surface area contributed by atoms with Crippen LogP contribution in [0.5, 0.6) is 0 Å². The van der Waals surface area contributed by atoms with Gasteiger partial charge in [-0.2, -0.15) is 0 Å². The monoisotopic (exact) mass is 315 g/mol. The van der Waals surface area contributed by atoms with E-state index in [-0.39, 0.29) is 17.4 Å². The van der Waals surface area contributed by atoms with Crippen molar-refractivity contribution in [3.05, 3.63) is 29.6 Å². The lowest BCUT2D eigenvalue weighted by atomic mass is 10.1. The summed E-state index contributed by atoms with van der Waals surface area (Å²) >= 11 is 0. The Labute approximate surface area is 125 Å². The molecule has 1 saturated heterocycles. The van der Waals surface area contributed by atoms with Gasteiger partial charge in [-0.25, -0.2) is 17.5 Å². The number of nitrogens with zero attached hydrogens (tertiary/aromatic N) is 1. The van der Waals surface area contributed by atoms with E-state index >= 15 is 0 Å². The molecule has 2 rings (SSSR count). The van der Waals surface area contributed by atoms with Crippen molar-refractivity contribution >= 4 is 10.0 Å². The molecule has 1 aliphatic heterocycles. The van der Waals surface area contributed by atoms with Crippen molar-refractivity contribution < 1.29 is 12.8 Å². The van der Waals surface area contributed by atoms with E-state index in [1.165, 1.54) is 12.1 Å². The molecule has 1 atom stereocenters. The summed E-state index contributed by atoms with van der Waals surface area (Å²) in [6, 6.07) is 3.93. The molecule has 1 aliphatic rings. The molecule has 0 saturated carbocycles. The normalized spacial score (nSPS) is 20.0. The quantitative estimate of drug-likeness (QED) is 0.818. The van der Waals surface area contributed by atoms with E-state index in [9.17, 15) is 12.8 Å². The molecule has 5 nitrogen and oxygen atoms in total. The van der Waals surface area contributed by atoms with Crippen molar-refractivity contribution in [1.29, 1.82) is 0 Å². The van der Waals surface area contributed by atoms with Crippen molar-refractivity contribution in [1.82, 2.24) is 9.62 Å². The summed E-state index contributed by atoms with van der Waals surface area (Å²) in [5.41, 5.74) is 6.07. The van der Waals surface area contributed by atoms with E-state index in [2.05, 4.69) is 16.5 Å². The zero-order chi connectivity index (χ0) is 15.5. The van der Waals surface area contributed by atoms with Gasteiger partial charge < -0.3 is 10.6 Å². The Hall–Kier alpha value is -1.02. The first-order chi connectivity index (χ1) is 9.96. The standard InChI is InChI=1S/C14H22FN3O2S/c1-2-18-6-5-12(10-18)9-17-21(19,20)14-7-11(8-16)3-4-13(14)15/h3-4,7,12,17H,2,5-6,8-10,16H2,1H3. The van der Waals surface area contributed by atoms with Crippen molar-refractivity contribution in [2.24, 2.45) is 11.7 Å². The Kier molecular flexibility index (Phi) is 5.32. The van der Waals surface area contributed by atoms with Gasteiger partial charge in [0, 0.05) is 19.6 Å². The van der Waals surface area contributed by atoms with Crippen molar-refractivity contribution in [3.8, 4) is 0 Å². The summed E-state index contributed by atoms with van der Waals surface area (Å²) in [6.07, 6.45) is 0.960. The molecule has 0 aromatic heterocycles. The summed E-state index contributed by atoms with van der Waals surface area (Å²) in [5.74, 6) is -0.471. The van der Waals surface area contributed by atoms with E-state index in [4.69, 9.17) is 5.73 Å². The van der Waals surface area contributed by atoms with Gasteiger partial charge in [-0.1, -0.05) is 13.0 Å². The van der Waals surface area contributed by atoms with Crippen LogP contribution in [0.25, 0.3) is 0 Å². The van der Waals surface area contributed by atoms with E-state index in [0.717, 1.165) is 32.1 Å². The van der Waals surface area contributed by atoms with Crippen LogP contribution in [0.1, 0.15) is 18.9 Å². The van der Waals surface area contributed by atoms with Crippen molar-refractivity contribution in [3.63, 3.8) is 0 Å². The molecule has 21 heavy (non-hydrogen) atoms. The first kappa shape index (κ1) is 16.4. The SMILES string of the molecule is CCN1CCC(CNS(=O)(=O)c2cc(CN)ccc2F)C1. The Morgan fingerprint density at radius 2 is 2.24 bits per heavy atom. The lowest BCUT2D eigenvalue weighted by molar-refractivity contribution is 0.342. The molecule has 118 valence electrons. The summed E-state index contributed by atoms with van der Waals surface area (Å²) in [7, 11) is -3.83. The fourth-order valence-corrected chi connectivity index (χ4v) is 3.79. The van der Waals surface area contributed by atoms with Gasteiger partial charge in [0.1, 0.15) is 10.7 Å². The third kappa shape index (κ3) is 4.00. The highest BCUT2D eigenvalue weighted by Crippen LogP contribution is 2.18. The first-order valence-electron chi connectivity index (χ1n) is 7.16. The fraction of sp³-hybridized carbons (Fsp3) is 0.571. The largest absolute Gasteiger partial charge is 0.326 e. The van der Waals surface area contributed by atoms with Gasteiger partial charge >= 0.3 is 0 Å². The van der Waals surface area contributed by atoms with Crippen LogP contribution in [0.15, 0.2) is 23.1 Å². The van der Waals surface area contributed by atoms with Gasteiger partial charge in [-0.15, -0.1) is 0 Å². The number of benzene rings is 1. The van der Waals surface area contributed by atoms with Crippen LogP contribution in [0.2, 0.25) is 0 Å². The molecular formula is C14H22FN3O2S. The lowest BCUT2D eigenvalue weighted by Crippen LogP contribution is -2.31. The second kappa shape index (κ2) is 6.83. The van der Waals surface area contributed by atoms with Gasteiger partial charge in [-0.3, -0.25) is 0 Å². The zero-order valence-corrected chi connectivity index (χ0v) is 13.0. The van der Waals surface area contributed by atoms with Crippen molar-refractivity contribution in [2.75, 3.05) is 26.2 Å². The minimum absolute atomic E-state index is 0.177. The van der Waals surface area contributed by atoms with Crippen LogP contribution in [0.4, 0.5) is 4.39 Å². The average molecular weight is 315 g/mol. The predicted octanol–water partition coefficient (Wildman–Crippen LogP) is 0.905. The molecule has 7 heteroatoms. The van der Waals surface area contributed by atoms with E-state index in [1.54, 1.807) is 0 Å². The van der Waals surface area contributed by atoms with E-state index in [1.807, 2.05) is 0 Å². The number of sulfonamides is 1. The molecule has 1 unspecified atom stereocenters. The number of nitrogens with two attached hydrogens (primary N) is 1. The smallest absolute Gasteiger partial charge is 0.243 e. The summed E-state index contributed by atoms with van der Waals surface area (Å²) in [4.78, 5) is 1.95. The number of likely N-dealkylation sites (tertiary alicyclic amines) is 1. The molecule has 1 heterocycles. The second-order valence-electron chi connectivity index (χ2n) is 5.37. The van der Waals surface area contributed by atoms with Crippen LogP contribution in [-0.4, -0.2) is 39.5 Å². The highest BCUT2D eigenvalue weighted by Gasteiger charge is 2.25. The molecule has 0 amide bonds. The third-order valence-corrected chi connectivity index (χ3v) is 5.34. The van der Waals surface area contributed by atoms with E-state index < -0.39 is 15.8 Å². The van der Waals surface area contributed by atoms with Crippen LogP contribution >= 0.6 is 0 Å². The third-order valence-electron chi connectivity index (χ3n) is 3.90. The Balaban J connectivity index is 2.05. The van der Waals surface area contributed by atoms with Crippen LogP contribution < -0.4 is 10.5 Å². The Morgan fingerprint density at radius 3 is 2.86 bits per heavy atom. The van der Waals surface area contributed by atoms with Gasteiger partial charge in [0.15, 0.2) is 0 Å². The molecule has 1 aromatic rings. The number of halogens is 1. The molecule has 0 aliphatic carbocycles. The summed E-state index contributed by atoms with van der Waals surface area (Å²) in [5, 5.41) is 0. The molecule has 0 spiro atoms. The highest BCUT2D eigenvalue weighted by atomic mass is 32.2. The first-order valence-corrected chi connectivity index (χ1v) is 8.65. The Morgan fingerprint density at radius 1 is 1.48 bits per heavy atom.